The average molecular weight is 272 g/mol. The van der Waals surface area contributed by atoms with E-state index in [1.165, 1.54) is 0 Å². The third-order valence-corrected chi connectivity index (χ3v) is 4.53. The van der Waals surface area contributed by atoms with Crippen LogP contribution in [0.15, 0.2) is 0 Å². The Morgan fingerprint density at radius 1 is 1.56 bits per heavy atom. The number of carbonyl (C=O) groups is 1. The van der Waals surface area contributed by atoms with E-state index in [-0.39, 0.29) is 11.9 Å². The number of ether oxygens (including phenoxy) is 1. The molecular formula is C13H24N2O2S. The number of carbonyl (C=O) groups excluding carboxylic acids is 1. The van der Waals surface area contributed by atoms with Gasteiger partial charge in [0.2, 0.25) is 5.91 Å². The largest absolute Gasteiger partial charge is 0.392 e. The zero-order valence-corrected chi connectivity index (χ0v) is 12.3. The normalized spacial score (nSPS) is 21.6. The van der Waals surface area contributed by atoms with Crippen molar-refractivity contribution < 1.29 is 9.53 Å². The lowest BCUT2D eigenvalue weighted by atomic mass is 9.80. The molecule has 1 amide bonds. The summed E-state index contributed by atoms with van der Waals surface area (Å²) in [6.07, 6.45) is 2.27. The van der Waals surface area contributed by atoms with Crippen molar-refractivity contribution in [1.29, 1.82) is 0 Å². The molecule has 1 rings (SSSR count). The van der Waals surface area contributed by atoms with Crippen LogP contribution in [0.3, 0.4) is 0 Å². The van der Waals surface area contributed by atoms with Crippen LogP contribution in [0.2, 0.25) is 0 Å². The van der Waals surface area contributed by atoms with E-state index >= 15 is 0 Å². The smallest absolute Gasteiger partial charge is 0.233 e. The van der Waals surface area contributed by atoms with Gasteiger partial charge < -0.3 is 15.8 Å². The SMILES string of the molecule is CCC(CC)(C(=O)NC(C)C1CCOC1)C(N)=S. The molecule has 0 saturated carbocycles. The van der Waals surface area contributed by atoms with E-state index in [1.807, 2.05) is 20.8 Å². The maximum Gasteiger partial charge on any atom is 0.233 e. The molecule has 1 fully saturated rings. The van der Waals surface area contributed by atoms with Crippen molar-refractivity contribution in [3.8, 4) is 0 Å². The summed E-state index contributed by atoms with van der Waals surface area (Å²) in [4.78, 5) is 12.7. The van der Waals surface area contributed by atoms with Crippen molar-refractivity contribution >= 4 is 23.1 Å². The Kier molecular flexibility index (Phi) is 5.53. The first kappa shape index (κ1) is 15.4. The minimum absolute atomic E-state index is 0.0422. The first-order valence-electron chi connectivity index (χ1n) is 6.66. The van der Waals surface area contributed by atoms with Gasteiger partial charge in [-0.05, 0) is 26.2 Å². The fourth-order valence-corrected chi connectivity index (χ4v) is 2.82. The first-order valence-corrected chi connectivity index (χ1v) is 7.07. The third-order valence-electron chi connectivity index (χ3n) is 4.14. The fourth-order valence-electron chi connectivity index (χ4n) is 2.44. The lowest BCUT2D eigenvalue weighted by Crippen LogP contribution is -2.52. The van der Waals surface area contributed by atoms with Crippen LogP contribution in [0.25, 0.3) is 0 Å². The van der Waals surface area contributed by atoms with Crippen LogP contribution < -0.4 is 11.1 Å². The molecule has 0 aromatic heterocycles. The van der Waals surface area contributed by atoms with Crippen LogP contribution >= 0.6 is 12.2 Å². The van der Waals surface area contributed by atoms with E-state index in [9.17, 15) is 4.79 Å². The monoisotopic (exact) mass is 272 g/mol. The highest BCUT2D eigenvalue weighted by Crippen LogP contribution is 2.28. The number of amides is 1. The van der Waals surface area contributed by atoms with Crippen molar-refractivity contribution in [3.63, 3.8) is 0 Å². The molecule has 1 heterocycles. The molecule has 1 aliphatic rings. The molecule has 2 atom stereocenters. The van der Waals surface area contributed by atoms with Crippen LogP contribution in [0.4, 0.5) is 0 Å². The average Bonchev–Trinajstić information content (AvgIpc) is 2.84. The molecular weight excluding hydrogens is 248 g/mol. The maximum atomic E-state index is 12.4. The van der Waals surface area contributed by atoms with Gasteiger partial charge >= 0.3 is 0 Å². The second-order valence-electron chi connectivity index (χ2n) is 5.04. The lowest BCUT2D eigenvalue weighted by Gasteiger charge is -2.31. The van der Waals surface area contributed by atoms with Gasteiger partial charge in [0.15, 0.2) is 0 Å². The van der Waals surface area contributed by atoms with E-state index in [1.54, 1.807) is 0 Å². The predicted molar refractivity (Wildman–Crippen MR) is 76.3 cm³/mol. The van der Waals surface area contributed by atoms with Gasteiger partial charge in [-0.3, -0.25) is 4.79 Å². The summed E-state index contributed by atoms with van der Waals surface area (Å²) in [6, 6.07) is 0.104. The Labute approximate surface area is 115 Å². The number of hydrogen-bond acceptors (Lipinski definition) is 3. The van der Waals surface area contributed by atoms with Gasteiger partial charge in [0.25, 0.3) is 0 Å². The summed E-state index contributed by atoms with van der Waals surface area (Å²) in [6.45, 7) is 7.43. The van der Waals surface area contributed by atoms with Crippen LogP contribution in [0.5, 0.6) is 0 Å². The van der Waals surface area contributed by atoms with Crippen molar-refractivity contribution in [2.75, 3.05) is 13.2 Å². The minimum atomic E-state index is -0.705. The van der Waals surface area contributed by atoms with Crippen molar-refractivity contribution in [2.24, 2.45) is 17.1 Å². The van der Waals surface area contributed by atoms with Gasteiger partial charge in [0.1, 0.15) is 0 Å². The Balaban J connectivity index is 2.69. The van der Waals surface area contributed by atoms with E-state index in [0.29, 0.717) is 23.7 Å². The summed E-state index contributed by atoms with van der Waals surface area (Å²) in [5, 5.41) is 3.06. The molecule has 104 valence electrons. The summed E-state index contributed by atoms with van der Waals surface area (Å²) < 4.78 is 5.34. The van der Waals surface area contributed by atoms with Crippen molar-refractivity contribution in [2.45, 2.75) is 46.1 Å². The lowest BCUT2D eigenvalue weighted by molar-refractivity contribution is -0.128. The summed E-state index contributed by atoms with van der Waals surface area (Å²) in [5.74, 6) is 0.353. The van der Waals surface area contributed by atoms with Gasteiger partial charge in [-0.25, -0.2) is 0 Å². The van der Waals surface area contributed by atoms with Gasteiger partial charge in [0.05, 0.1) is 17.0 Å². The molecule has 0 spiro atoms. The van der Waals surface area contributed by atoms with E-state index in [4.69, 9.17) is 22.7 Å². The highest BCUT2D eigenvalue weighted by atomic mass is 32.1. The number of thiocarbonyl (C=S) groups is 1. The number of nitrogens with one attached hydrogen (secondary N) is 1. The standard InChI is InChI=1S/C13H24N2O2S/c1-4-13(5-2,11(14)18)12(16)15-9(3)10-6-7-17-8-10/h9-10H,4-8H2,1-3H3,(H2,14,18)(H,15,16). The number of nitrogens with two attached hydrogens (primary N) is 1. The molecule has 0 radical (unpaired) electrons. The van der Waals surface area contributed by atoms with Gasteiger partial charge in [-0.1, -0.05) is 26.1 Å². The highest BCUT2D eigenvalue weighted by molar-refractivity contribution is 7.80. The quantitative estimate of drug-likeness (QED) is 0.721. The molecule has 0 aromatic rings. The minimum Gasteiger partial charge on any atom is -0.392 e. The summed E-state index contributed by atoms with van der Waals surface area (Å²) >= 11 is 5.08. The van der Waals surface area contributed by atoms with Crippen LogP contribution in [-0.2, 0) is 9.53 Å². The zero-order valence-electron chi connectivity index (χ0n) is 11.5. The van der Waals surface area contributed by atoms with Crippen LogP contribution in [0.1, 0.15) is 40.0 Å². The topological polar surface area (TPSA) is 64.3 Å². The predicted octanol–water partition coefficient (Wildman–Crippen LogP) is 1.62. The first-order chi connectivity index (χ1) is 8.47. The number of hydrogen-bond donors (Lipinski definition) is 2. The Hall–Kier alpha value is -0.680. The molecule has 4 nitrogen and oxygen atoms in total. The molecule has 5 heteroatoms. The molecule has 1 saturated heterocycles. The molecule has 0 bridgehead atoms. The van der Waals surface area contributed by atoms with Gasteiger partial charge in [-0.2, -0.15) is 0 Å². The van der Waals surface area contributed by atoms with Crippen molar-refractivity contribution in [1.82, 2.24) is 5.32 Å². The second kappa shape index (κ2) is 6.48. The van der Waals surface area contributed by atoms with E-state index in [2.05, 4.69) is 5.32 Å². The highest BCUT2D eigenvalue weighted by Gasteiger charge is 2.39. The van der Waals surface area contributed by atoms with Crippen LogP contribution in [0, 0.1) is 11.3 Å². The van der Waals surface area contributed by atoms with Crippen LogP contribution in [-0.4, -0.2) is 30.2 Å². The van der Waals surface area contributed by atoms with Crippen molar-refractivity contribution in [3.05, 3.63) is 0 Å². The van der Waals surface area contributed by atoms with Gasteiger partial charge in [0, 0.05) is 18.6 Å². The molecule has 2 unspecified atom stereocenters. The molecule has 1 aliphatic heterocycles. The van der Waals surface area contributed by atoms with E-state index < -0.39 is 5.41 Å². The Morgan fingerprint density at radius 2 is 2.17 bits per heavy atom. The summed E-state index contributed by atoms with van der Waals surface area (Å²) in [5.41, 5.74) is 5.06. The molecule has 3 N–H and O–H groups in total. The Bertz CT molecular complexity index is 310. The molecule has 0 aromatic carbocycles. The number of rotatable bonds is 6. The van der Waals surface area contributed by atoms with E-state index in [0.717, 1.165) is 19.6 Å². The fraction of sp³-hybridized carbons (Fsp3) is 0.846. The maximum absolute atomic E-state index is 12.4. The Morgan fingerprint density at radius 3 is 2.56 bits per heavy atom. The molecule has 18 heavy (non-hydrogen) atoms. The van der Waals surface area contributed by atoms with Gasteiger partial charge in [-0.15, -0.1) is 0 Å². The summed E-state index contributed by atoms with van der Waals surface area (Å²) in [7, 11) is 0. The second-order valence-corrected chi connectivity index (χ2v) is 5.48. The zero-order chi connectivity index (χ0) is 13.8. The molecule has 0 aliphatic carbocycles. The third kappa shape index (κ3) is 3.01.